The van der Waals surface area contributed by atoms with Crippen molar-refractivity contribution in [3.05, 3.63) is 0 Å². The smallest absolute Gasteiger partial charge is 0.327 e. The molecule has 0 aromatic heterocycles. The molecule has 2 N–H and O–H groups in total. The third-order valence-corrected chi connectivity index (χ3v) is 4.72. The summed E-state index contributed by atoms with van der Waals surface area (Å²) >= 11 is 0. The van der Waals surface area contributed by atoms with Gasteiger partial charge < -0.3 is 20.1 Å². The van der Waals surface area contributed by atoms with Crippen molar-refractivity contribution >= 4 is 28.6 Å². The number of carboxylic acids is 1. The molecule has 0 spiro atoms. The molecule has 1 aliphatic rings. The summed E-state index contributed by atoms with van der Waals surface area (Å²) in [5.41, 5.74) is 0. The van der Waals surface area contributed by atoms with Crippen LogP contribution in [0.3, 0.4) is 0 Å². The van der Waals surface area contributed by atoms with Crippen LogP contribution in [0.1, 0.15) is 13.8 Å². The quantitative estimate of drug-likeness (QED) is 0.620. The number of aliphatic carboxylic acids is 1. The lowest BCUT2D eigenvalue weighted by Gasteiger charge is -2.29. The van der Waals surface area contributed by atoms with Gasteiger partial charge in [0.15, 0.2) is 0 Å². The van der Waals surface area contributed by atoms with Gasteiger partial charge in [0.25, 0.3) is 0 Å². The third kappa shape index (κ3) is 5.43. The van der Waals surface area contributed by atoms with Gasteiger partial charge in [0, 0.05) is 30.8 Å². The molecule has 3 unspecified atom stereocenters. The van der Waals surface area contributed by atoms with E-state index in [2.05, 4.69) is 5.32 Å². The topological polar surface area (TPSA) is 113 Å². The highest BCUT2D eigenvalue weighted by atomic mass is 32.2. The van der Waals surface area contributed by atoms with E-state index in [1.165, 1.54) is 13.8 Å². The molecule has 0 saturated carbocycles. The summed E-state index contributed by atoms with van der Waals surface area (Å²) in [7, 11) is -1.69. The molecule has 1 heterocycles. The second-order valence-electron chi connectivity index (χ2n) is 4.72. The number of carbonyl (C=O) groups excluding carboxylic acids is 2. The van der Waals surface area contributed by atoms with Crippen molar-refractivity contribution in [3.63, 3.8) is 0 Å². The first-order chi connectivity index (χ1) is 9.82. The Balaban J connectivity index is 2.61. The molecule has 120 valence electrons. The molecular weight excluding hydrogens is 300 g/mol. The molecule has 0 radical (unpaired) electrons. The van der Waals surface area contributed by atoms with Crippen LogP contribution in [0.5, 0.6) is 0 Å². The first kappa shape index (κ1) is 17.6. The van der Waals surface area contributed by atoms with Gasteiger partial charge in [-0.3, -0.25) is 13.8 Å². The number of hydrogen-bond donors (Lipinski definition) is 2. The number of rotatable bonds is 6. The summed E-state index contributed by atoms with van der Waals surface area (Å²) in [6.07, 6.45) is 0. The summed E-state index contributed by atoms with van der Waals surface area (Å²) in [4.78, 5) is 35.6. The van der Waals surface area contributed by atoms with Gasteiger partial charge in [-0.05, 0) is 6.92 Å². The van der Waals surface area contributed by atoms with Gasteiger partial charge in [0.05, 0.1) is 19.0 Å². The van der Waals surface area contributed by atoms with Gasteiger partial charge in [0.1, 0.15) is 11.3 Å². The van der Waals surface area contributed by atoms with Gasteiger partial charge in [-0.2, -0.15) is 0 Å². The molecule has 0 aromatic rings. The Bertz CT molecular complexity index is 435. The summed E-state index contributed by atoms with van der Waals surface area (Å²) < 4.78 is 17.3. The van der Waals surface area contributed by atoms with E-state index in [1.54, 1.807) is 4.90 Å². The highest BCUT2D eigenvalue weighted by Crippen LogP contribution is 2.07. The van der Waals surface area contributed by atoms with Crippen molar-refractivity contribution in [3.8, 4) is 0 Å². The Kier molecular flexibility index (Phi) is 6.76. The van der Waals surface area contributed by atoms with Gasteiger partial charge in [0.2, 0.25) is 11.8 Å². The highest BCUT2D eigenvalue weighted by molar-refractivity contribution is 7.86. The zero-order valence-electron chi connectivity index (χ0n) is 12.0. The van der Waals surface area contributed by atoms with Crippen LogP contribution in [0.2, 0.25) is 0 Å². The predicted molar refractivity (Wildman–Crippen MR) is 75.1 cm³/mol. The second kappa shape index (κ2) is 8.08. The minimum atomic E-state index is -1.69. The number of carbonyl (C=O) groups is 3. The Hall–Kier alpha value is -1.48. The number of nitrogens with zero attached hydrogens (tertiary/aromatic N) is 1. The van der Waals surface area contributed by atoms with E-state index in [4.69, 9.17) is 9.84 Å². The highest BCUT2D eigenvalue weighted by Gasteiger charge is 2.30. The lowest BCUT2D eigenvalue weighted by atomic mass is 10.3. The van der Waals surface area contributed by atoms with E-state index in [9.17, 15) is 18.6 Å². The van der Waals surface area contributed by atoms with Crippen molar-refractivity contribution < 1.29 is 28.4 Å². The van der Waals surface area contributed by atoms with Crippen molar-refractivity contribution in [2.24, 2.45) is 0 Å². The normalized spacial score (nSPS) is 19.4. The summed E-state index contributed by atoms with van der Waals surface area (Å²) in [6.45, 7) is 4.44. The van der Waals surface area contributed by atoms with E-state index < -0.39 is 34.0 Å². The van der Waals surface area contributed by atoms with Crippen molar-refractivity contribution in [1.29, 1.82) is 0 Å². The van der Waals surface area contributed by atoms with Gasteiger partial charge in [-0.25, -0.2) is 4.79 Å². The SMILES string of the molecule is CC(=O)NC(CS(=O)C(C)C(=O)N1CCOCC1)C(=O)O. The number of nitrogens with one attached hydrogen (secondary N) is 1. The number of morpholine rings is 1. The van der Waals surface area contributed by atoms with Crippen LogP contribution >= 0.6 is 0 Å². The predicted octanol–water partition coefficient (Wildman–Crippen LogP) is -1.43. The first-order valence-corrected chi connectivity index (χ1v) is 7.94. The Morgan fingerprint density at radius 1 is 1.33 bits per heavy atom. The first-order valence-electron chi connectivity index (χ1n) is 6.56. The monoisotopic (exact) mass is 320 g/mol. The van der Waals surface area contributed by atoms with E-state index >= 15 is 0 Å². The average molecular weight is 320 g/mol. The van der Waals surface area contributed by atoms with Crippen LogP contribution in [0, 0.1) is 0 Å². The fourth-order valence-corrected chi connectivity index (χ4v) is 3.10. The number of hydrogen-bond acceptors (Lipinski definition) is 5. The maximum atomic E-state index is 12.2. The van der Waals surface area contributed by atoms with E-state index in [1.807, 2.05) is 0 Å². The summed E-state index contributed by atoms with van der Waals surface area (Å²) in [5.74, 6) is -2.38. The number of ether oxygens (including phenoxy) is 1. The van der Waals surface area contributed by atoms with Gasteiger partial charge >= 0.3 is 5.97 Å². The van der Waals surface area contributed by atoms with Crippen molar-refractivity contribution in [2.75, 3.05) is 32.1 Å². The fraction of sp³-hybridized carbons (Fsp3) is 0.750. The van der Waals surface area contributed by atoms with Crippen LogP contribution in [-0.4, -0.2) is 75.3 Å². The molecule has 1 saturated heterocycles. The number of amides is 2. The minimum Gasteiger partial charge on any atom is -0.480 e. The molecule has 21 heavy (non-hydrogen) atoms. The van der Waals surface area contributed by atoms with Crippen molar-refractivity contribution in [2.45, 2.75) is 25.1 Å². The minimum absolute atomic E-state index is 0.288. The third-order valence-electron chi connectivity index (χ3n) is 3.07. The second-order valence-corrected chi connectivity index (χ2v) is 6.52. The van der Waals surface area contributed by atoms with Crippen LogP contribution < -0.4 is 5.32 Å². The van der Waals surface area contributed by atoms with Crippen LogP contribution in [-0.2, 0) is 29.9 Å². The largest absolute Gasteiger partial charge is 0.480 e. The maximum Gasteiger partial charge on any atom is 0.327 e. The maximum absolute atomic E-state index is 12.2. The Labute approximate surface area is 125 Å². The molecule has 2 amide bonds. The molecule has 1 aliphatic heterocycles. The fourth-order valence-electron chi connectivity index (χ4n) is 1.88. The summed E-state index contributed by atoms with van der Waals surface area (Å²) in [5, 5.41) is 10.4. The Morgan fingerprint density at radius 3 is 2.38 bits per heavy atom. The molecule has 9 heteroatoms. The van der Waals surface area contributed by atoms with E-state index in [-0.39, 0.29) is 11.7 Å². The van der Waals surface area contributed by atoms with Crippen molar-refractivity contribution in [1.82, 2.24) is 10.2 Å². The molecular formula is C12H20N2O6S. The zero-order valence-corrected chi connectivity index (χ0v) is 12.9. The standard InChI is InChI=1S/C12H20N2O6S/c1-8(11(16)14-3-5-20-6-4-14)21(19)7-10(12(17)18)13-9(2)15/h8,10H,3-7H2,1-2H3,(H,13,15)(H,17,18). The van der Waals surface area contributed by atoms with E-state index in [0.717, 1.165) is 0 Å². The van der Waals surface area contributed by atoms with Gasteiger partial charge in [-0.1, -0.05) is 0 Å². The van der Waals surface area contributed by atoms with E-state index in [0.29, 0.717) is 26.3 Å². The molecule has 1 rings (SSSR count). The number of carboxylic acid groups (broad SMARTS) is 1. The summed E-state index contributed by atoms with van der Waals surface area (Å²) in [6, 6.07) is -1.26. The molecule has 3 atom stereocenters. The van der Waals surface area contributed by atoms with Crippen LogP contribution in [0.25, 0.3) is 0 Å². The van der Waals surface area contributed by atoms with Gasteiger partial charge in [-0.15, -0.1) is 0 Å². The van der Waals surface area contributed by atoms with Crippen LogP contribution in [0.4, 0.5) is 0 Å². The molecule has 0 bridgehead atoms. The average Bonchev–Trinajstić information content (AvgIpc) is 2.45. The molecule has 0 aliphatic carbocycles. The lowest BCUT2D eigenvalue weighted by molar-refractivity contribution is -0.140. The van der Waals surface area contributed by atoms with Crippen LogP contribution in [0.15, 0.2) is 0 Å². The zero-order chi connectivity index (χ0) is 16.0. The molecule has 1 fully saturated rings. The Morgan fingerprint density at radius 2 is 1.90 bits per heavy atom. The molecule has 8 nitrogen and oxygen atoms in total. The lowest BCUT2D eigenvalue weighted by Crippen LogP contribution is -2.49. The molecule has 0 aromatic carbocycles.